The lowest BCUT2D eigenvalue weighted by atomic mass is 10.1. The predicted molar refractivity (Wildman–Crippen MR) is 79.6 cm³/mol. The Morgan fingerprint density at radius 1 is 1.33 bits per heavy atom. The van der Waals surface area contributed by atoms with Crippen molar-refractivity contribution in [2.75, 3.05) is 32.2 Å². The lowest BCUT2D eigenvalue weighted by molar-refractivity contribution is 0.0941. The predicted octanol–water partition coefficient (Wildman–Crippen LogP) is 1.21. The number of anilines is 1. The summed E-state index contributed by atoms with van der Waals surface area (Å²) in [7, 11) is 0. The molecule has 1 unspecified atom stereocenters. The van der Waals surface area contributed by atoms with E-state index in [9.17, 15) is 4.79 Å². The smallest absolute Gasteiger partial charge is 0.253 e. The first-order valence-corrected chi connectivity index (χ1v) is 7.36. The van der Waals surface area contributed by atoms with Gasteiger partial charge in [-0.05, 0) is 38.9 Å². The minimum absolute atomic E-state index is 0.170. The Hall–Kier alpha value is -1.95. The number of nitrogens with one attached hydrogen (secondary N) is 1. The molecule has 6 heteroatoms. The molecule has 21 heavy (non-hydrogen) atoms. The number of rotatable bonds is 4. The van der Waals surface area contributed by atoms with Gasteiger partial charge in [-0.3, -0.25) is 9.69 Å². The molecule has 1 aromatic carbocycles. The Labute approximate surface area is 124 Å². The Balaban J connectivity index is 1.62. The number of fused-ring (bicyclic) bond motifs is 1. The van der Waals surface area contributed by atoms with Crippen LogP contribution in [0.5, 0.6) is 11.5 Å². The number of hydrogen-bond donors (Lipinski definition) is 2. The van der Waals surface area contributed by atoms with Crippen LogP contribution in [0.1, 0.15) is 30.1 Å². The zero-order valence-electron chi connectivity index (χ0n) is 12.2. The van der Waals surface area contributed by atoms with E-state index in [0.717, 1.165) is 13.1 Å². The summed E-state index contributed by atoms with van der Waals surface area (Å²) in [5.74, 6) is 0.994. The SMILES string of the molecule is CC(CNC(=O)c1cc2c(cc1N)OCO2)N1CCCC1. The van der Waals surface area contributed by atoms with Gasteiger partial charge in [0, 0.05) is 24.3 Å². The van der Waals surface area contributed by atoms with E-state index in [-0.39, 0.29) is 12.7 Å². The maximum Gasteiger partial charge on any atom is 0.253 e. The monoisotopic (exact) mass is 291 g/mol. The number of likely N-dealkylation sites (tertiary alicyclic amines) is 1. The van der Waals surface area contributed by atoms with Crippen molar-refractivity contribution in [2.45, 2.75) is 25.8 Å². The molecule has 2 heterocycles. The molecular formula is C15H21N3O3. The number of benzene rings is 1. The second-order valence-corrected chi connectivity index (χ2v) is 5.59. The Morgan fingerprint density at radius 2 is 2.00 bits per heavy atom. The van der Waals surface area contributed by atoms with Crippen LogP contribution in [0.3, 0.4) is 0 Å². The molecule has 1 fully saturated rings. The van der Waals surface area contributed by atoms with Crippen molar-refractivity contribution >= 4 is 11.6 Å². The number of amides is 1. The molecule has 3 rings (SSSR count). The first kappa shape index (κ1) is 14.0. The number of nitrogens with two attached hydrogens (primary N) is 1. The molecule has 6 nitrogen and oxygen atoms in total. The third-order valence-corrected chi connectivity index (χ3v) is 4.11. The molecule has 0 spiro atoms. The molecule has 1 saturated heterocycles. The van der Waals surface area contributed by atoms with Crippen LogP contribution in [-0.2, 0) is 0 Å². The van der Waals surface area contributed by atoms with Gasteiger partial charge in [0.25, 0.3) is 5.91 Å². The van der Waals surface area contributed by atoms with Crippen molar-refractivity contribution in [1.82, 2.24) is 10.2 Å². The first-order valence-electron chi connectivity index (χ1n) is 7.36. The van der Waals surface area contributed by atoms with Crippen LogP contribution in [0.4, 0.5) is 5.69 Å². The number of hydrogen-bond acceptors (Lipinski definition) is 5. The molecule has 0 radical (unpaired) electrons. The van der Waals surface area contributed by atoms with Gasteiger partial charge in [0.2, 0.25) is 6.79 Å². The maximum absolute atomic E-state index is 12.3. The van der Waals surface area contributed by atoms with Crippen LogP contribution in [-0.4, -0.2) is 43.3 Å². The maximum atomic E-state index is 12.3. The molecule has 0 bridgehead atoms. The van der Waals surface area contributed by atoms with E-state index in [2.05, 4.69) is 17.1 Å². The van der Waals surface area contributed by atoms with Gasteiger partial charge >= 0.3 is 0 Å². The third-order valence-electron chi connectivity index (χ3n) is 4.11. The second kappa shape index (κ2) is 5.81. The normalized spacial score (nSPS) is 18.7. The van der Waals surface area contributed by atoms with E-state index in [1.165, 1.54) is 12.8 Å². The van der Waals surface area contributed by atoms with Crippen molar-refractivity contribution in [1.29, 1.82) is 0 Å². The zero-order chi connectivity index (χ0) is 14.8. The molecule has 1 amide bonds. The fraction of sp³-hybridized carbons (Fsp3) is 0.533. The molecule has 2 aliphatic rings. The summed E-state index contributed by atoms with van der Waals surface area (Å²) in [6, 6.07) is 3.63. The van der Waals surface area contributed by atoms with Crippen molar-refractivity contribution in [3.8, 4) is 11.5 Å². The average molecular weight is 291 g/mol. The van der Waals surface area contributed by atoms with Crippen LogP contribution in [0.15, 0.2) is 12.1 Å². The molecule has 114 valence electrons. The average Bonchev–Trinajstić information content (AvgIpc) is 3.13. The first-order chi connectivity index (χ1) is 10.1. The molecular weight excluding hydrogens is 270 g/mol. The number of carbonyl (C=O) groups is 1. The molecule has 2 aliphatic heterocycles. The van der Waals surface area contributed by atoms with Crippen molar-refractivity contribution in [3.05, 3.63) is 17.7 Å². The molecule has 0 aliphatic carbocycles. The molecule has 1 aromatic rings. The van der Waals surface area contributed by atoms with E-state index < -0.39 is 0 Å². The van der Waals surface area contributed by atoms with Crippen molar-refractivity contribution in [3.63, 3.8) is 0 Å². The number of carbonyl (C=O) groups excluding carboxylic acids is 1. The zero-order valence-corrected chi connectivity index (χ0v) is 12.2. The van der Waals surface area contributed by atoms with Crippen LogP contribution >= 0.6 is 0 Å². The summed E-state index contributed by atoms with van der Waals surface area (Å²) in [5, 5.41) is 2.95. The highest BCUT2D eigenvalue weighted by Gasteiger charge is 2.21. The largest absolute Gasteiger partial charge is 0.454 e. The summed E-state index contributed by atoms with van der Waals surface area (Å²) < 4.78 is 10.5. The molecule has 1 atom stereocenters. The Kier molecular flexibility index (Phi) is 3.88. The van der Waals surface area contributed by atoms with Gasteiger partial charge in [-0.1, -0.05) is 0 Å². The summed E-state index contributed by atoms with van der Waals surface area (Å²) >= 11 is 0. The lowest BCUT2D eigenvalue weighted by Gasteiger charge is -2.24. The van der Waals surface area contributed by atoms with E-state index in [0.29, 0.717) is 35.3 Å². The summed E-state index contributed by atoms with van der Waals surface area (Å²) in [6.07, 6.45) is 2.49. The van der Waals surface area contributed by atoms with Gasteiger partial charge < -0.3 is 20.5 Å². The van der Waals surface area contributed by atoms with Gasteiger partial charge in [-0.2, -0.15) is 0 Å². The highest BCUT2D eigenvalue weighted by molar-refractivity contribution is 6.00. The van der Waals surface area contributed by atoms with Crippen molar-refractivity contribution in [2.24, 2.45) is 0 Å². The van der Waals surface area contributed by atoms with Gasteiger partial charge in [0.05, 0.1) is 5.56 Å². The van der Waals surface area contributed by atoms with Gasteiger partial charge in [-0.15, -0.1) is 0 Å². The van der Waals surface area contributed by atoms with Gasteiger partial charge in [-0.25, -0.2) is 0 Å². The highest BCUT2D eigenvalue weighted by atomic mass is 16.7. The standard InChI is InChI=1S/C15H21N3O3/c1-10(18-4-2-3-5-18)8-17-15(19)11-6-13-14(7-12(11)16)21-9-20-13/h6-7,10H,2-5,8-9,16H2,1H3,(H,17,19). The van der Waals surface area contributed by atoms with Crippen LogP contribution in [0.25, 0.3) is 0 Å². The fourth-order valence-corrected chi connectivity index (χ4v) is 2.80. The summed E-state index contributed by atoms with van der Waals surface area (Å²) in [5.41, 5.74) is 6.76. The number of nitrogen functional groups attached to an aromatic ring is 1. The minimum Gasteiger partial charge on any atom is -0.454 e. The van der Waals surface area contributed by atoms with Gasteiger partial charge in [0.15, 0.2) is 11.5 Å². The molecule has 0 aromatic heterocycles. The summed E-state index contributed by atoms with van der Waals surface area (Å²) in [6.45, 7) is 5.15. The van der Waals surface area contributed by atoms with Crippen molar-refractivity contribution < 1.29 is 14.3 Å². The van der Waals surface area contributed by atoms with Crippen LogP contribution in [0.2, 0.25) is 0 Å². The summed E-state index contributed by atoms with van der Waals surface area (Å²) in [4.78, 5) is 14.7. The van der Waals surface area contributed by atoms with Crippen LogP contribution in [0, 0.1) is 0 Å². The van der Waals surface area contributed by atoms with Crippen LogP contribution < -0.4 is 20.5 Å². The van der Waals surface area contributed by atoms with Gasteiger partial charge in [0.1, 0.15) is 0 Å². The van der Waals surface area contributed by atoms with E-state index in [1.54, 1.807) is 12.1 Å². The highest BCUT2D eigenvalue weighted by Crippen LogP contribution is 2.35. The van der Waals surface area contributed by atoms with E-state index in [1.807, 2.05) is 0 Å². The number of nitrogens with zero attached hydrogens (tertiary/aromatic N) is 1. The molecule has 0 saturated carbocycles. The minimum atomic E-state index is -0.170. The lowest BCUT2D eigenvalue weighted by Crippen LogP contribution is -2.40. The topological polar surface area (TPSA) is 76.8 Å². The Morgan fingerprint density at radius 3 is 2.71 bits per heavy atom. The fourth-order valence-electron chi connectivity index (χ4n) is 2.80. The van der Waals surface area contributed by atoms with E-state index >= 15 is 0 Å². The molecule has 3 N–H and O–H groups in total. The third kappa shape index (κ3) is 2.90. The Bertz CT molecular complexity index is 541. The quantitative estimate of drug-likeness (QED) is 0.816. The second-order valence-electron chi connectivity index (χ2n) is 5.59. The van der Waals surface area contributed by atoms with E-state index in [4.69, 9.17) is 15.2 Å². The number of ether oxygens (including phenoxy) is 2.